The topological polar surface area (TPSA) is 51.0 Å². The molecule has 0 radical (unpaired) electrons. The Hall–Kier alpha value is -2.17. The van der Waals surface area contributed by atoms with Gasteiger partial charge in [-0.2, -0.15) is 5.10 Å². The summed E-state index contributed by atoms with van der Waals surface area (Å²) in [5, 5.41) is 4.46. The van der Waals surface area contributed by atoms with Gasteiger partial charge in [-0.25, -0.2) is 0 Å². The second-order valence-corrected chi connectivity index (χ2v) is 6.02. The molecule has 3 heterocycles. The maximum atomic E-state index is 12.9. The molecule has 3 rings (SSSR count). The first-order valence-corrected chi connectivity index (χ1v) is 7.81. The van der Waals surface area contributed by atoms with E-state index < -0.39 is 0 Å². The average molecular weight is 298 g/mol. The van der Waals surface area contributed by atoms with E-state index in [1.807, 2.05) is 48.6 Å². The van der Waals surface area contributed by atoms with E-state index in [2.05, 4.69) is 10.1 Å². The minimum absolute atomic E-state index is 0.144. The van der Waals surface area contributed by atoms with Crippen molar-refractivity contribution in [2.75, 3.05) is 6.54 Å². The fourth-order valence-electron chi connectivity index (χ4n) is 3.35. The summed E-state index contributed by atoms with van der Waals surface area (Å²) in [6.45, 7) is 6.70. The number of hydrogen-bond acceptors (Lipinski definition) is 3. The van der Waals surface area contributed by atoms with Crippen LogP contribution in [0.1, 0.15) is 48.8 Å². The van der Waals surface area contributed by atoms with Crippen LogP contribution >= 0.6 is 0 Å². The van der Waals surface area contributed by atoms with Gasteiger partial charge in [0.1, 0.15) is 6.04 Å². The maximum absolute atomic E-state index is 12.9. The molecule has 116 valence electrons. The fourth-order valence-corrected chi connectivity index (χ4v) is 3.35. The van der Waals surface area contributed by atoms with Gasteiger partial charge in [0.2, 0.25) is 5.91 Å². The van der Waals surface area contributed by atoms with Gasteiger partial charge in [-0.05, 0) is 57.4 Å². The third-order valence-corrected chi connectivity index (χ3v) is 4.40. The zero-order valence-corrected chi connectivity index (χ0v) is 13.4. The predicted molar refractivity (Wildman–Crippen MR) is 84.3 cm³/mol. The van der Waals surface area contributed by atoms with Gasteiger partial charge in [-0.15, -0.1) is 0 Å². The molecular formula is C17H22N4O. The van der Waals surface area contributed by atoms with Crippen LogP contribution in [-0.4, -0.2) is 32.1 Å². The molecule has 2 atom stereocenters. The van der Waals surface area contributed by atoms with Crippen LogP contribution in [0.25, 0.3) is 0 Å². The van der Waals surface area contributed by atoms with Crippen molar-refractivity contribution in [1.29, 1.82) is 0 Å². The Morgan fingerprint density at radius 3 is 2.68 bits per heavy atom. The SMILES string of the molecule is Cc1cc(C)n([C@@H](C)C(=O)N2CCC[C@@H]2c2ccncc2)n1. The lowest BCUT2D eigenvalue weighted by atomic mass is 10.1. The number of carbonyl (C=O) groups excluding carboxylic acids is 1. The molecule has 0 N–H and O–H groups in total. The number of rotatable bonds is 3. The summed E-state index contributed by atoms with van der Waals surface area (Å²) >= 11 is 0. The summed E-state index contributed by atoms with van der Waals surface area (Å²) in [6, 6.07) is 5.91. The molecule has 2 aromatic rings. The van der Waals surface area contributed by atoms with Crippen LogP contribution in [0.3, 0.4) is 0 Å². The first-order chi connectivity index (χ1) is 10.6. The van der Waals surface area contributed by atoms with Crippen LogP contribution in [0.4, 0.5) is 0 Å². The van der Waals surface area contributed by atoms with E-state index >= 15 is 0 Å². The Kier molecular flexibility index (Phi) is 3.96. The molecule has 0 aliphatic carbocycles. The lowest BCUT2D eigenvalue weighted by Gasteiger charge is -2.28. The van der Waals surface area contributed by atoms with Gasteiger partial charge in [0.05, 0.1) is 11.7 Å². The highest BCUT2D eigenvalue weighted by Gasteiger charge is 2.33. The summed E-state index contributed by atoms with van der Waals surface area (Å²) < 4.78 is 1.83. The first-order valence-electron chi connectivity index (χ1n) is 7.81. The summed E-state index contributed by atoms with van der Waals surface area (Å²) in [6.07, 6.45) is 5.64. The van der Waals surface area contributed by atoms with E-state index in [4.69, 9.17) is 0 Å². The molecule has 1 amide bonds. The van der Waals surface area contributed by atoms with Crippen LogP contribution in [0, 0.1) is 13.8 Å². The van der Waals surface area contributed by atoms with Gasteiger partial charge >= 0.3 is 0 Å². The highest BCUT2D eigenvalue weighted by Crippen LogP contribution is 2.33. The van der Waals surface area contributed by atoms with Gasteiger partial charge < -0.3 is 4.90 Å². The minimum Gasteiger partial charge on any atom is -0.334 e. The van der Waals surface area contributed by atoms with Crippen molar-refractivity contribution in [1.82, 2.24) is 19.7 Å². The monoisotopic (exact) mass is 298 g/mol. The van der Waals surface area contributed by atoms with Crippen molar-refractivity contribution in [3.05, 3.63) is 47.5 Å². The normalized spacial score (nSPS) is 19.4. The van der Waals surface area contributed by atoms with E-state index in [1.165, 1.54) is 5.56 Å². The highest BCUT2D eigenvalue weighted by atomic mass is 16.2. The van der Waals surface area contributed by atoms with Crippen molar-refractivity contribution in [2.24, 2.45) is 0 Å². The van der Waals surface area contributed by atoms with Gasteiger partial charge in [0.25, 0.3) is 0 Å². The van der Waals surface area contributed by atoms with Gasteiger partial charge in [-0.1, -0.05) is 0 Å². The lowest BCUT2D eigenvalue weighted by molar-refractivity contribution is -0.135. The molecule has 22 heavy (non-hydrogen) atoms. The molecule has 1 saturated heterocycles. The van der Waals surface area contributed by atoms with Crippen molar-refractivity contribution in [3.63, 3.8) is 0 Å². The van der Waals surface area contributed by atoms with Gasteiger partial charge in [0.15, 0.2) is 0 Å². The van der Waals surface area contributed by atoms with Crippen LogP contribution < -0.4 is 0 Å². The van der Waals surface area contributed by atoms with Crippen LogP contribution in [0.15, 0.2) is 30.6 Å². The summed E-state index contributed by atoms with van der Waals surface area (Å²) in [5.74, 6) is 0.144. The molecule has 0 spiro atoms. The van der Waals surface area contributed by atoms with Gasteiger partial charge in [-0.3, -0.25) is 14.5 Å². The number of pyridine rings is 1. The zero-order chi connectivity index (χ0) is 15.7. The highest BCUT2D eigenvalue weighted by molar-refractivity contribution is 5.80. The van der Waals surface area contributed by atoms with E-state index in [-0.39, 0.29) is 18.0 Å². The van der Waals surface area contributed by atoms with E-state index in [9.17, 15) is 4.79 Å². The Labute approximate surface area is 131 Å². The Morgan fingerprint density at radius 2 is 2.05 bits per heavy atom. The molecule has 5 heteroatoms. The molecule has 1 aliphatic rings. The standard InChI is InChI=1S/C17H22N4O/c1-12-11-13(2)21(19-12)14(3)17(22)20-10-4-5-16(20)15-6-8-18-9-7-15/h6-9,11,14,16H,4-5,10H2,1-3H3/t14-,16+/m0/s1. The number of hydrogen-bond donors (Lipinski definition) is 0. The fraction of sp³-hybridized carbons (Fsp3) is 0.471. The van der Waals surface area contributed by atoms with E-state index in [0.717, 1.165) is 30.8 Å². The number of amides is 1. The number of likely N-dealkylation sites (tertiary alicyclic amines) is 1. The van der Waals surface area contributed by atoms with Crippen LogP contribution in [-0.2, 0) is 4.79 Å². The van der Waals surface area contributed by atoms with Gasteiger partial charge in [0, 0.05) is 24.6 Å². The molecule has 0 unspecified atom stereocenters. The third-order valence-electron chi connectivity index (χ3n) is 4.40. The Bertz CT molecular complexity index is 665. The van der Waals surface area contributed by atoms with Crippen LogP contribution in [0.5, 0.6) is 0 Å². The molecule has 1 fully saturated rings. The predicted octanol–water partition coefficient (Wildman–Crippen LogP) is 2.82. The van der Waals surface area contributed by atoms with Crippen molar-refractivity contribution >= 4 is 5.91 Å². The Morgan fingerprint density at radius 1 is 1.32 bits per heavy atom. The maximum Gasteiger partial charge on any atom is 0.247 e. The van der Waals surface area contributed by atoms with Crippen molar-refractivity contribution < 1.29 is 4.79 Å². The molecular weight excluding hydrogens is 276 g/mol. The molecule has 1 aliphatic heterocycles. The van der Waals surface area contributed by atoms with E-state index in [0.29, 0.717) is 0 Å². The third kappa shape index (κ3) is 2.63. The van der Waals surface area contributed by atoms with Crippen LogP contribution in [0.2, 0.25) is 0 Å². The van der Waals surface area contributed by atoms with Crippen molar-refractivity contribution in [2.45, 2.75) is 45.7 Å². The minimum atomic E-state index is -0.267. The number of aromatic nitrogens is 3. The lowest BCUT2D eigenvalue weighted by Crippen LogP contribution is -2.36. The second kappa shape index (κ2) is 5.91. The molecule has 5 nitrogen and oxygen atoms in total. The average Bonchev–Trinajstić information content (AvgIpc) is 3.13. The van der Waals surface area contributed by atoms with Crippen molar-refractivity contribution in [3.8, 4) is 0 Å². The number of nitrogens with zero attached hydrogens (tertiary/aromatic N) is 4. The molecule has 0 aromatic carbocycles. The number of aryl methyl sites for hydroxylation is 2. The summed E-state index contributed by atoms with van der Waals surface area (Å²) in [7, 11) is 0. The first kappa shape index (κ1) is 14.8. The smallest absolute Gasteiger partial charge is 0.247 e. The number of carbonyl (C=O) groups is 1. The largest absolute Gasteiger partial charge is 0.334 e. The van der Waals surface area contributed by atoms with E-state index in [1.54, 1.807) is 12.4 Å². The zero-order valence-electron chi connectivity index (χ0n) is 13.4. The molecule has 2 aromatic heterocycles. The summed E-state index contributed by atoms with van der Waals surface area (Å²) in [4.78, 5) is 19.0. The molecule has 0 saturated carbocycles. The summed E-state index contributed by atoms with van der Waals surface area (Å²) in [5.41, 5.74) is 3.14. The Balaban J connectivity index is 1.83. The molecule has 0 bridgehead atoms. The second-order valence-electron chi connectivity index (χ2n) is 6.02. The quantitative estimate of drug-likeness (QED) is 0.875.